The lowest BCUT2D eigenvalue weighted by molar-refractivity contribution is 0.425. The molecule has 20 heavy (non-hydrogen) atoms. The second kappa shape index (κ2) is 6.31. The minimum Gasteiger partial charge on any atom is -0.388 e. The molecular formula is C15H19N3OS. The SMILES string of the molecule is CNc1ccc(-c2nc(CSC3CCCC3)no2)cc1. The summed E-state index contributed by atoms with van der Waals surface area (Å²) in [6.45, 7) is 0. The summed E-state index contributed by atoms with van der Waals surface area (Å²) in [5.41, 5.74) is 2.04. The zero-order valence-corrected chi connectivity index (χ0v) is 12.4. The van der Waals surface area contributed by atoms with E-state index in [2.05, 4.69) is 15.5 Å². The van der Waals surface area contributed by atoms with Crippen LogP contribution in [0.4, 0.5) is 5.69 Å². The maximum Gasteiger partial charge on any atom is 0.257 e. The Bertz CT molecular complexity index is 547. The van der Waals surface area contributed by atoms with E-state index >= 15 is 0 Å². The van der Waals surface area contributed by atoms with Crippen LogP contribution in [0.2, 0.25) is 0 Å². The van der Waals surface area contributed by atoms with Gasteiger partial charge in [0.15, 0.2) is 5.82 Å². The van der Waals surface area contributed by atoms with E-state index in [1.165, 1.54) is 25.7 Å². The van der Waals surface area contributed by atoms with E-state index in [0.717, 1.165) is 28.1 Å². The van der Waals surface area contributed by atoms with E-state index in [0.29, 0.717) is 5.89 Å². The van der Waals surface area contributed by atoms with Crippen molar-refractivity contribution in [3.8, 4) is 11.5 Å². The molecule has 1 aromatic heterocycles. The van der Waals surface area contributed by atoms with Crippen LogP contribution in [-0.2, 0) is 5.75 Å². The van der Waals surface area contributed by atoms with Crippen LogP contribution in [0, 0.1) is 0 Å². The fraction of sp³-hybridized carbons (Fsp3) is 0.467. The van der Waals surface area contributed by atoms with Crippen LogP contribution in [0.1, 0.15) is 31.5 Å². The lowest BCUT2D eigenvalue weighted by Crippen LogP contribution is -1.95. The normalized spacial score (nSPS) is 15.7. The lowest BCUT2D eigenvalue weighted by atomic mass is 10.2. The van der Waals surface area contributed by atoms with Gasteiger partial charge >= 0.3 is 0 Å². The molecule has 0 unspecified atom stereocenters. The Morgan fingerprint density at radius 3 is 2.70 bits per heavy atom. The first-order chi connectivity index (χ1) is 9.85. The molecule has 106 valence electrons. The van der Waals surface area contributed by atoms with Crippen molar-refractivity contribution in [3.05, 3.63) is 30.1 Å². The van der Waals surface area contributed by atoms with Crippen molar-refractivity contribution < 1.29 is 4.52 Å². The van der Waals surface area contributed by atoms with Gasteiger partial charge in [-0.25, -0.2) is 0 Å². The number of nitrogens with one attached hydrogen (secondary N) is 1. The van der Waals surface area contributed by atoms with E-state index in [1.807, 2.05) is 43.1 Å². The summed E-state index contributed by atoms with van der Waals surface area (Å²) in [4.78, 5) is 4.48. The Labute approximate surface area is 123 Å². The topological polar surface area (TPSA) is 51.0 Å². The van der Waals surface area contributed by atoms with Gasteiger partial charge in [0.25, 0.3) is 5.89 Å². The van der Waals surface area contributed by atoms with Crippen molar-refractivity contribution in [1.82, 2.24) is 10.1 Å². The molecule has 1 aromatic carbocycles. The Hall–Kier alpha value is -1.49. The van der Waals surface area contributed by atoms with Gasteiger partial charge in [0.1, 0.15) is 0 Å². The highest BCUT2D eigenvalue weighted by atomic mass is 32.2. The molecular weight excluding hydrogens is 270 g/mol. The molecule has 2 aromatic rings. The van der Waals surface area contributed by atoms with Gasteiger partial charge in [-0.1, -0.05) is 18.0 Å². The molecule has 4 nitrogen and oxygen atoms in total. The maximum absolute atomic E-state index is 5.34. The van der Waals surface area contributed by atoms with Gasteiger partial charge in [-0.05, 0) is 37.1 Å². The van der Waals surface area contributed by atoms with Crippen molar-refractivity contribution in [3.63, 3.8) is 0 Å². The molecule has 0 bridgehead atoms. The summed E-state index contributed by atoms with van der Waals surface area (Å²) in [6, 6.07) is 8.00. The zero-order chi connectivity index (χ0) is 13.8. The summed E-state index contributed by atoms with van der Waals surface area (Å²) in [6.07, 6.45) is 5.40. The largest absolute Gasteiger partial charge is 0.388 e. The molecule has 1 saturated carbocycles. The van der Waals surface area contributed by atoms with Crippen LogP contribution in [0.25, 0.3) is 11.5 Å². The average Bonchev–Trinajstić information content (AvgIpc) is 3.17. The molecule has 0 spiro atoms. The molecule has 1 aliphatic carbocycles. The molecule has 0 saturated heterocycles. The molecule has 1 heterocycles. The fourth-order valence-electron chi connectivity index (χ4n) is 2.46. The van der Waals surface area contributed by atoms with Crippen LogP contribution in [-0.4, -0.2) is 22.4 Å². The number of nitrogens with zero attached hydrogens (tertiary/aromatic N) is 2. The standard InChI is InChI=1S/C15H19N3OS/c1-16-12-8-6-11(7-9-12)15-17-14(18-19-15)10-20-13-4-2-3-5-13/h6-9,13,16H,2-5,10H2,1H3. The third-order valence-electron chi connectivity index (χ3n) is 3.64. The summed E-state index contributed by atoms with van der Waals surface area (Å²) < 4.78 is 5.34. The molecule has 0 atom stereocenters. The van der Waals surface area contributed by atoms with Gasteiger partial charge in [-0.3, -0.25) is 0 Å². The number of anilines is 1. The average molecular weight is 289 g/mol. The first-order valence-corrected chi connectivity index (χ1v) is 8.12. The second-order valence-electron chi connectivity index (χ2n) is 5.06. The molecule has 0 amide bonds. The van der Waals surface area contributed by atoms with Crippen molar-refractivity contribution in [2.24, 2.45) is 0 Å². The Kier molecular flexibility index (Phi) is 4.25. The first-order valence-electron chi connectivity index (χ1n) is 7.07. The van der Waals surface area contributed by atoms with Gasteiger partial charge in [0.2, 0.25) is 0 Å². The molecule has 1 fully saturated rings. The Morgan fingerprint density at radius 1 is 1.25 bits per heavy atom. The van der Waals surface area contributed by atoms with Crippen molar-refractivity contribution >= 4 is 17.4 Å². The Morgan fingerprint density at radius 2 is 2.00 bits per heavy atom. The number of thioether (sulfide) groups is 1. The number of aromatic nitrogens is 2. The van der Waals surface area contributed by atoms with Crippen LogP contribution >= 0.6 is 11.8 Å². The molecule has 3 rings (SSSR count). The monoisotopic (exact) mass is 289 g/mol. The minimum atomic E-state index is 0.606. The van der Waals surface area contributed by atoms with Crippen LogP contribution in [0.3, 0.4) is 0 Å². The van der Waals surface area contributed by atoms with Crippen LogP contribution in [0.15, 0.2) is 28.8 Å². The first kappa shape index (κ1) is 13.5. The van der Waals surface area contributed by atoms with E-state index in [4.69, 9.17) is 4.52 Å². The van der Waals surface area contributed by atoms with Crippen LogP contribution in [0.5, 0.6) is 0 Å². The van der Waals surface area contributed by atoms with Crippen molar-refractivity contribution in [1.29, 1.82) is 0 Å². The van der Waals surface area contributed by atoms with Gasteiger partial charge in [0.05, 0.1) is 5.75 Å². The molecule has 0 radical (unpaired) electrons. The van der Waals surface area contributed by atoms with E-state index in [1.54, 1.807) is 0 Å². The third kappa shape index (κ3) is 3.15. The van der Waals surface area contributed by atoms with Crippen molar-refractivity contribution in [2.75, 3.05) is 12.4 Å². The van der Waals surface area contributed by atoms with Gasteiger partial charge in [-0.2, -0.15) is 16.7 Å². The zero-order valence-electron chi connectivity index (χ0n) is 11.6. The predicted octanol–water partition coefficient (Wildman–Crippen LogP) is 3.95. The highest BCUT2D eigenvalue weighted by Crippen LogP contribution is 2.31. The van der Waals surface area contributed by atoms with E-state index in [9.17, 15) is 0 Å². The highest BCUT2D eigenvalue weighted by Gasteiger charge is 2.17. The lowest BCUT2D eigenvalue weighted by Gasteiger charge is -2.04. The molecule has 1 N–H and O–H groups in total. The van der Waals surface area contributed by atoms with Gasteiger partial charge < -0.3 is 9.84 Å². The maximum atomic E-state index is 5.34. The van der Waals surface area contributed by atoms with Gasteiger partial charge in [0, 0.05) is 23.5 Å². The highest BCUT2D eigenvalue weighted by molar-refractivity contribution is 7.99. The Balaban J connectivity index is 1.62. The minimum absolute atomic E-state index is 0.606. The number of hydrogen-bond acceptors (Lipinski definition) is 5. The quantitative estimate of drug-likeness (QED) is 0.903. The predicted molar refractivity (Wildman–Crippen MR) is 82.8 cm³/mol. The summed E-state index contributed by atoms with van der Waals surface area (Å²) in [5.74, 6) is 2.26. The third-order valence-corrected chi connectivity index (χ3v) is 5.01. The molecule has 1 aliphatic rings. The number of benzene rings is 1. The number of hydrogen-bond donors (Lipinski definition) is 1. The summed E-state index contributed by atoms with van der Waals surface area (Å²) >= 11 is 1.96. The summed E-state index contributed by atoms with van der Waals surface area (Å²) in [5, 5.41) is 7.95. The summed E-state index contributed by atoms with van der Waals surface area (Å²) in [7, 11) is 1.90. The van der Waals surface area contributed by atoms with Crippen molar-refractivity contribution in [2.45, 2.75) is 36.7 Å². The second-order valence-corrected chi connectivity index (χ2v) is 6.35. The smallest absolute Gasteiger partial charge is 0.257 e. The molecule has 0 aliphatic heterocycles. The number of rotatable bonds is 5. The van der Waals surface area contributed by atoms with E-state index in [-0.39, 0.29) is 0 Å². The molecule has 5 heteroatoms. The van der Waals surface area contributed by atoms with Gasteiger partial charge in [-0.15, -0.1) is 0 Å². The van der Waals surface area contributed by atoms with E-state index < -0.39 is 0 Å². The fourth-order valence-corrected chi connectivity index (χ4v) is 3.63. The van der Waals surface area contributed by atoms with Crippen LogP contribution < -0.4 is 5.32 Å².